The number of carbonyl (C=O) groups is 1. The molecule has 0 radical (unpaired) electrons. The number of hydrogen-bond acceptors (Lipinski definition) is 3. The second-order valence-electron chi connectivity index (χ2n) is 3.78. The number of rotatable bonds is 4. The van der Waals surface area contributed by atoms with Crippen molar-refractivity contribution in [3.63, 3.8) is 0 Å². The summed E-state index contributed by atoms with van der Waals surface area (Å²) in [6.07, 6.45) is 2.48. The Morgan fingerprint density at radius 2 is 2.11 bits per heavy atom. The Balaban J connectivity index is 2.15. The maximum absolute atomic E-state index is 11.7. The number of carbonyl (C=O) groups excluding carboxylic acids is 1. The molecule has 1 aromatic heterocycles. The van der Waals surface area contributed by atoms with E-state index < -0.39 is 0 Å². The van der Waals surface area contributed by atoms with Crippen LogP contribution in [0.1, 0.15) is 23.8 Å². The van der Waals surface area contributed by atoms with Crippen LogP contribution in [0.5, 0.6) is 0 Å². The normalized spacial score (nSPS) is 10.3. The molecule has 0 unspecified atom stereocenters. The highest BCUT2D eigenvalue weighted by molar-refractivity contribution is 6.30. The topological polar surface area (TPSA) is 59.8 Å². The molecule has 2 rings (SSSR count). The molecule has 94 valence electrons. The van der Waals surface area contributed by atoms with Gasteiger partial charge < -0.3 is 5.32 Å². The summed E-state index contributed by atoms with van der Waals surface area (Å²) < 4.78 is 1.54. The van der Waals surface area contributed by atoms with Crippen LogP contribution in [-0.4, -0.2) is 27.4 Å². The molecule has 1 N–H and O–H groups in total. The van der Waals surface area contributed by atoms with Gasteiger partial charge in [-0.3, -0.25) is 4.79 Å². The molecule has 1 heterocycles. The van der Waals surface area contributed by atoms with E-state index in [1.165, 1.54) is 4.68 Å². The van der Waals surface area contributed by atoms with Gasteiger partial charge in [0.25, 0.3) is 5.91 Å². The van der Waals surface area contributed by atoms with Crippen molar-refractivity contribution < 1.29 is 4.79 Å². The van der Waals surface area contributed by atoms with E-state index in [1.54, 1.807) is 18.3 Å². The van der Waals surface area contributed by atoms with E-state index in [-0.39, 0.29) is 5.91 Å². The number of benzene rings is 1. The number of nitrogens with zero attached hydrogens (tertiary/aromatic N) is 3. The van der Waals surface area contributed by atoms with Gasteiger partial charge in [0.2, 0.25) is 0 Å². The maximum atomic E-state index is 11.7. The van der Waals surface area contributed by atoms with Gasteiger partial charge in [0.15, 0.2) is 5.69 Å². The average Bonchev–Trinajstić information content (AvgIpc) is 2.86. The molecule has 0 aliphatic heterocycles. The second-order valence-corrected chi connectivity index (χ2v) is 4.22. The summed E-state index contributed by atoms with van der Waals surface area (Å²) in [4.78, 5) is 11.7. The van der Waals surface area contributed by atoms with Crippen molar-refractivity contribution in [3.8, 4) is 5.69 Å². The third-order valence-electron chi connectivity index (χ3n) is 2.35. The van der Waals surface area contributed by atoms with Crippen LogP contribution in [0.15, 0.2) is 30.5 Å². The molecule has 6 heteroatoms. The zero-order valence-electron chi connectivity index (χ0n) is 9.93. The molecule has 2 aromatic rings. The first-order valence-corrected chi connectivity index (χ1v) is 6.05. The van der Waals surface area contributed by atoms with E-state index in [1.807, 2.05) is 19.1 Å². The Hall–Kier alpha value is -1.88. The molecule has 0 aliphatic rings. The summed E-state index contributed by atoms with van der Waals surface area (Å²) in [5, 5.41) is 11.1. The van der Waals surface area contributed by atoms with Gasteiger partial charge in [-0.2, -0.15) is 0 Å². The number of aromatic nitrogens is 3. The van der Waals surface area contributed by atoms with Crippen LogP contribution in [-0.2, 0) is 0 Å². The average molecular weight is 265 g/mol. The van der Waals surface area contributed by atoms with Crippen molar-refractivity contribution in [1.82, 2.24) is 20.3 Å². The first-order chi connectivity index (χ1) is 8.70. The molecule has 0 atom stereocenters. The summed E-state index contributed by atoms with van der Waals surface area (Å²) in [5.74, 6) is -0.211. The Kier molecular flexibility index (Phi) is 3.94. The van der Waals surface area contributed by atoms with Crippen molar-refractivity contribution >= 4 is 17.5 Å². The molecule has 1 aromatic carbocycles. The molecule has 0 fully saturated rings. The lowest BCUT2D eigenvalue weighted by Gasteiger charge is -1.99. The van der Waals surface area contributed by atoms with Gasteiger partial charge in [0, 0.05) is 11.6 Å². The first-order valence-electron chi connectivity index (χ1n) is 5.67. The van der Waals surface area contributed by atoms with Crippen molar-refractivity contribution in [2.24, 2.45) is 0 Å². The monoisotopic (exact) mass is 264 g/mol. The number of halogens is 1. The highest BCUT2D eigenvalue weighted by Crippen LogP contribution is 2.12. The van der Waals surface area contributed by atoms with Crippen LogP contribution in [0.4, 0.5) is 0 Å². The summed E-state index contributed by atoms with van der Waals surface area (Å²) in [6, 6.07) is 7.14. The lowest BCUT2D eigenvalue weighted by Crippen LogP contribution is -2.24. The Morgan fingerprint density at radius 3 is 2.78 bits per heavy atom. The van der Waals surface area contributed by atoms with Crippen LogP contribution in [0.3, 0.4) is 0 Å². The minimum atomic E-state index is -0.211. The Bertz CT molecular complexity index is 535. The van der Waals surface area contributed by atoms with Crippen LogP contribution >= 0.6 is 11.6 Å². The molecular formula is C12H13ClN4O. The fraction of sp³-hybridized carbons (Fsp3) is 0.250. The standard InChI is InChI=1S/C12H13ClN4O/c1-2-7-14-12(18)11-8-17(16-15-11)10-5-3-9(13)4-6-10/h3-6,8H,2,7H2,1H3,(H,14,18). The van der Waals surface area contributed by atoms with Gasteiger partial charge in [0.1, 0.15) is 0 Å². The van der Waals surface area contributed by atoms with Crippen LogP contribution < -0.4 is 5.32 Å². The SMILES string of the molecule is CCCNC(=O)c1cn(-c2ccc(Cl)cc2)nn1. The largest absolute Gasteiger partial charge is 0.351 e. The highest BCUT2D eigenvalue weighted by atomic mass is 35.5. The summed E-state index contributed by atoms with van der Waals surface area (Å²) in [7, 11) is 0. The van der Waals surface area contributed by atoms with E-state index in [0.29, 0.717) is 17.3 Å². The predicted molar refractivity (Wildman–Crippen MR) is 69.0 cm³/mol. The first kappa shape index (κ1) is 12.6. The quantitative estimate of drug-likeness (QED) is 0.920. The molecule has 0 saturated heterocycles. The van der Waals surface area contributed by atoms with Crippen LogP contribution in [0.2, 0.25) is 5.02 Å². The van der Waals surface area contributed by atoms with Crippen molar-refractivity contribution in [1.29, 1.82) is 0 Å². The van der Waals surface area contributed by atoms with Crippen molar-refractivity contribution in [2.45, 2.75) is 13.3 Å². The lowest BCUT2D eigenvalue weighted by atomic mass is 10.3. The molecule has 0 bridgehead atoms. The van der Waals surface area contributed by atoms with Gasteiger partial charge in [-0.25, -0.2) is 4.68 Å². The predicted octanol–water partition coefficient (Wildman–Crippen LogP) is 2.06. The van der Waals surface area contributed by atoms with Gasteiger partial charge >= 0.3 is 0 Å². The fourth-order valence-corrected chi connectivity index (χ4v) is 1.54. The minimum Gasteiger partial charge on any atom is -0.351 e. The number of nitrogens with one attached hydrogen (secondary N) is 1. The molecule has 0 saturated carbocycles. The van der Waals surface area contributed by atoms with Crippen LogP contribution in [0, 0.1) is 0 Å². The fourth-order valence-electron chi connectivity index (χ4n) is 1.42. The molecule has 1 amide bonds. The Labute approximate surface area is 110 Å². The molecule has 18 heavy (non-hydrogen) atoms. The molecule has 5 nitrogen and oxygen atoms in total. The third-order valence-corrected chi connectivity index (χ3v) is 2.60. The van der Waals surface area contributed by atoms with E-state index in [0.717, 1.165) is 12.1 Å². The van der Waals surface area contributed by atoms with E-state index in [2.05, 4.69) is 15.6 Å². The second kappa shape index (κ2) is 5.64. The number of hydrogen-bond donors (Lipinski definition) is 1. The summed E-state index contributed by atoms with van der Waals surface area (Å²) in [5.41, 5.74) is 1.11. The lowest BCUT2D eigenvalue weighted by molar-refractivity contribution is 0.0948. The summed E-state index contributed by atoms with van der Waals surface area (Å²) in [6.45, 7) is 2.62. The minimum absolute atomic E-state index is 0.211. The number of amides is 1. The van der Waals surface area contributed by atoms with Gasteiger partial charge in [-0.15, -0.1) is 5.10 Å². The zero-order chi connectivity index (χ0) is 13.0. The molecular weight excluding hydrogens is 252 g/mol. The molecule has 0 spiro atoms. The Morgan fingerprint density at radius 1 is 1.39 bits per heavy atom. The third kappa shape index (κ3) is 2.87. The van der Waals surface area contributed by atoms with Crippen molar-refractivity contribution in [3.05, 3.63) is 41.2 Å². The van der Waals surface area contributed by atoms with Gasteiger partial charge in [-0.1, -0.05) is 23.7 Å². The van der Waals surface area contributed by atoms with E-state index in [9.17, 15) is 4.79 Å². The smallest absolute Gasteiger partial charge is 0.273 e. The van der Waals surface area contributed by atoms with Crippen LogP contribution in [0.25, 0.3) is 5.69 Å². The van der Waals surface area contributed by atoms with E-state index in [4.69, 9.17) is 11.6 Å². The maximum Gasteiger partial charge on any atom is 0.273 e. The van der Waals surface area contributed by atoms with Crippen molar-refractivity contribution in [2.75, 3.05) is 6.54 Å². The molecule has 0 aliphatic carbocycles. The highest BCUT2D eigenvalue weighted by Gasteiger charge is 2.10. The van der Waals surface area contributed by atoms with Gasteiger partial charge in [-0.05, 0) is 30.7 Å². The van der Waals surface area contributed by atoms with E-state index >= 15 is 0 Å². The summed E-state index contributed by atoms with van der Waals surface area (Å²) >= 11 is 5.80. The zero-order valence-corrected chi connectivity index (χ0v) is 10.7. The van der Waals surface area contributed by atoms with Gasteiger partial charge in [0.05, 0.1) is 11.9 Å².